The van der Waals surface area contributed by atoms with E-state index in [1.807, 2.05) is 31.4 Å². The van der Waals surface area contributed by atoms with Crippen LogP contribution in [-0.2, 0) is 11.0 Å². The molecule has 1 fully saturated rings. The van der Waals surface area contributed by atoms with E-state index in [0.29, 0.717) is 17.1 Å². The number of amides is 2. The molecule has 2 amide bonds. The van der Waals surface area contributed by atoms with E-state index in [0.717, 1.165) is 49.8 Å². The molecule has 3 N–H and O–H groups in total. The van der Waals surface area contributed by atoms with Crippen LogP contribution < -0.4 is 10.6 Å². The molecule has 0 spiro atoms. The lowest BCUT2D eigenvalue weighted by Crippen LogP contribution is -2.27. The molecule has 1 saturated carbocycles. The van der Waals surface area contributed by atoms with Gasteiger partial charge >= 0.3 is 6.18 Å². The normalized spacial score (nSPS) is 18.4. The van der Waals surface area contributed by atoms with Crippen molar-refractivity contribution in [3.05, 3.63) is 53.6 Å². The monoisotopic (exact) mass is 530 g/mol. The van der Waals surface area contributed by atoms with Gasteiger partial charge in [-0.15, -0.1) is 0 Å². The van der Waals surface area contributed by atoms with Crippen LogP contribution >= 0.6 is 0 Å². The summed E-state index contributed by atoms with van der Waals surface area (Å²) in [5.41, 5.74) is 0.246. The van der Waals surface area contributed by atoms with E-state index >= 15 is 0 Å². The fourth-order valence-electron chi connectivity index (χ4n) is 4.84. The first-order valence-electron chi connectivity index (χ1n) is 12.8. The van der Waals surface area contributed by atoms with Gasteiger partial charge in [0.15, 0.2) is 0 Å². The fourth-order valence-corrected chi connectivity index (χ4v) is 4.84. The molecule has 10 heteroatoms. The number of halogens is 3. The number of aromatic nitrogens is 2. The molecule has 0 bridgehead atoms. The Labute approximate surface area is 219 Å². The van der Waals surface area contributed by atoms with Gasteiger partial charge in [-0.2, -0.15) is 13.2 Å². The predicted octanol–water partition coefficient (Wildman–Crippen LogP) is 6.41. The van der Waals surface area contributed by atoms with Gasteiger partial charge in [0.05, 0.1) is 16.6 Å². The zero-order valence-corrected chi connectivity index (χ0v) is 21.7. The van der Waals surface area contributed by atoms with Crippen LogP contribution in [-0.4, -0.2) is 33.1 Å². The number of hydrogen-bond donors (Lipinski definition) is 3. The Morgan fingerprint density at radius 2 is 1.74 bits per heavy atom. The molecule has 1 aliphatic rings. The average molecular weight is 531 g/mol. The number of imidazole rings is 1. The number of aliphatic hydroxyl groups excluding tert-OH is 1. The first-order chi connectivity index (χ1) is 17.9. The maximum atomic E-state index is 13.2. The highest BCUT2D eigenvalue weighted by atomic mass is 19.4. The SMILES string of the molecule is CC(C)(C)C(=O)Nc1ccc2c(c1)nc(NC(=O)c1cccc(C(F)(F)F)c1)n2[C@H]1CC[C@@H](CCO)CC1. The smallest absolute Gasteiger partial charge is 0.396 e. The third kappa shape index (κ3) is 6.18. The minimum Gasteiger partial charge on any atom is -0.396 e. The molecule has 1 aromatic heterocycles. The molecule has 38 heavy (non-hydrogen) atoms. The molecular formula is C28H33F3N4O3. The zero-order valence-electron chi connectivity index (χ0n) is 21.7. The summed E-state index contributed by atoms with van der Waals surface area (Å²) in [5, 5.41) is 14.9. The number of anilines is 2. The number of carbonyl (C=O) groups excluding carboxylic acids is 2. The number of benzene rings is 2. The van der Waals surface area contributed by atoms with Gasteiger partial charge in [0.25, 0.3) is 5.91 Å². The largest absolute Gasteiger partial charge is 0.416 e. The van der Waals surface area contributed by atoms with Crippen molar-refractivity contribution in [3.8, 4) is 0 Å². The van der Waals surface area contributed by atoms with Crippen molar-refractivity contribution in [3.63, 3.8) is 0 Å². The molecule has 0 unspecified atom stereocenters. The molecule has 2 aromatic carbocycles. The number of nitrogens with one attached hydrogen (secondary N) is 2. The third-order valence-electron chi connectivity index (χ3n) is 7.02. The van der Waals surface area contributed by atoms with E-state index in [2.05, 4.69) is 15.6 Å². The van der Waals surface area contributed by atoms with Crippen LogP contribution in [0.5, 0.6) is 0 Å². The molecule has 1 heterocycles. The van der Waals surface area contributed by atoms with Gasteiger partial charge in [-0.3, -0.25) is 14.9 Å². The van der Waals surface area contributed by atoms with Gasteiger partial charge in [0.2, 0.25) is 11.9 Å². The first kappa shape index (κ1) is 27.6. The van der Waals surface area contributed by atoms with E-state index in [-0.39, 0.29) is 30.1 Å². The number of rotatable bonds is 6. The highest BCUT2D eigenvalue weighted by Crippen LogP contribution is 2.38. The minimum atomic E-state index is -4.56. The van der Waals surface area contributed by atoms with Crippen LogP contribution in [0.15, 0.2) is 42.5 Å². The number of aliphatic hydroxyl groups is 1. The van der Waals surface area contributed by atoms with Gasteiger partial charge in [-0.1, -0.05) is 26.8 Å². The highest BCUT2D eigenvalue weighted by molar-refractivity contribution is 6.04. The molecule has 7 nitrogen and oxygen atoms in total. The second-order valence-corrected chi connectivity index (χ2v) is 10.9. The van der Waals surface area contributed by atoms with Crippen LogP contribution in [0.1, 0.15) is 74.8 Å². The van der Waals surface area contributed by atoms with E-state index < -0.39 is 23.1 Å². The van der Waals surface area contributed by atoms with Gasteiger partial charge < -0.3 is 15.0 Å². The van der Waals surface area contributed by atoms with Crippen molar-refractivity contribution in [2.24, 2.45) is 11.3 Å². The third-order valence-corrected chi connectivity index (χ3v) is 7.02. The van der Waals surface area contributed by atoms with Crippen molar-refractivity contribution in [2.45, 2.75) is 65.1 Å². The van der Waals surface area contributed by atoms with E-state index in [1.165, 1.54) is 12.1 Å². The second-order valence-electron chi connectivity index (χ2n) is 10.9. The number of hydrogen-bond acceptors (Lipinski definition) is 4. The number of fused-ring (bicyclic) bond motifs is 1. The topological polar surface area (TPSA) is 96.3 Å². The molecule has 0 atom stereocenters. The lowest BCUT2D eigenvalue weighted by atomic mass is 9.84. The molecule has 204 valence electrons. The van der Waals surface area contributed by atoms with Gasteiger partial charge in [-0.05, 0) is 74.4 Å². The molecular weight excluding hydrogens is 497 g/mol. The maximum Gasteiger partial charge on any atom is 0.416 e. The Bertz CT molecular complexity index is 1320. The number of alkyl halides is 3. The maximum absolute atomic E-state index is 13.2. The Hall–Kier alpha value is -3.40. The minimum absolute atomic E-state index is 0.0155. The molecule has 4 rings (SSSR count). The zero-order chi connectivity index (χ0) is 27.7. The van der Waals surface area contributed by atoms with Crippen LogP contribution in [0.4, 0.5) is 24.8 Å². The number of nitrogens with zero attached hydrogens (tertiary/aromatic N) is 2. The fraction of sp³-hybridized carbons (Fsp3) is 0.464. The van der Waals surface area contributed by atoms with Gasteiger partial charge in [0, 0.05) is 29.3 Å². The van der Waals surface area contributed by atoms with E-state index in [4.69, 9.17) is 0 Å². The van der Waals surface area contributed by atoms with Crippen molar-refractivity contribution >= 4 is 34.5 Å². The predicted molar refractivity (Wildman–Crippen MR) is 140 cm³/mol. The molecule has 0 saturated heterocycles. The van der Waals surface area contributed by atoms with Crippen LogP contribution in [0.25, 0.3) is 11.0 Å². The lowest BCUT2D eigenvalue weighted by molar-refractivity contribution is -0.137. The van der Waals surface area contributed by atoms with Crippen molar-refractivity contribution in [1.29, 1.82) is 0 Å². The molecule has 3 aromatic rings. The summed E-state index contributed by atoms with van der Waals surface area (Å²) in [6, 6.07) is 9.63. The molecule has 1 aliphatic carbocycles. The Balaban J connectivity index is 1.68. The summed E-state index contributed by atoms with van der Waals surface area (Å²) in [6.07, 6.45) is -0.384. The van der Waals surface area contributed by atoms with E-state index in [9.17, 15) is 27.9 Å². The summed E-state index contributed by atoms with van der Waals surface area (Å²) >= 11 is 0. The van der Waals surface area contributed by atoms with Crippen LogP contribution in [0, 0.1) is 11.3 Å². The summed E-state index contributed by atoms with van der Waals surface area (Å²) in [4.78, 5) is 30.2. The first-order valence-corrected chi connectivity index (χ1v) is 12.8. The molecule has 0 radical (unpaired) electrons. The Kier molecular flexibility index (Phi) is 7.83. The van der Waals surface area contributed by atoms with Gasteiger partial charge in [0.1, 0.15) is 0 Å². The van der Waals surface area contributed by atoms with Crippen LogP contribution in [0.3, 0.4) is 0 Å². The summed E-state index contributed by atoms with van der Waals surface area (Å²) < 4.78 is 41.5. The van der Waals surface area contributed by atoms with Crippen molar-refractivity contribution in [1.82, 2.24) is 9.55 Å². The molecule has 0 aliphatic heterocycles. The van der Waals surface area contributed by atoms with Crippen molar-refractivity contribution in [2.75, 3.05) is 17.2 Å². The summed E-state index contributed by atoms with van der Waals surface area (Å²) in [7, 11) is 0. The Morgan fingerprint density at radius 3 is 2.37 bits per heavy atom. The quantitative estimate of drug-likeness (QED) is 0.343. The standard InChI is InChI=1S/C28H33F3N4O3/c1-27(2,3)25(38)32-20-9-12-23-22(16-20)33-26(35(23)21-10-7-17(8-11-21)13-14-36)34-24(37)18-5-4-6-19(15-18)28(29,30)31/h4-6,9,12,15-17,21,36H,7-8,10-11,13-14H2,1-3H3,(H,32,38)(H,33,34,37)/t17-,21+. The van der Waals surface area contributed by atoms with E-state index in [1.54, 1.807) is 12.1 Å². The summed E-state index contributed by atoms with van der Waals surface area (Å²) in [6.45, 7) is 5.57. The number of carbonyl (C=O) groups is 2. The average Bonchev–Trinajstić information content (AvgIpc) is 3.20. The highest BCUT2D eigenvalue weighted by Gasteiger charge is 2.31. The van der Waals surface area contributed by atoms with Gasteiger partial charge in [-0.25, -0.2) is 4.98 Å². The second kappa shape index (κ2) is 10.8. The Morgan fingerprint density at radius 1 is 1.03 bits per heavy atom. The van der Waals surface area contributed by atoms with Crippen LogP contribution in [0.2, 0.25) is 0 Å². The lowest BCUT2D eigenvalue weighted by Gasteiger charge is -2.30. The summed E-state index contributed by atoms with van der Waals surface area (Å²) in [5.74, 6) is -0.180. The van der Waals surface area contributed by atoms with Crippen molar-refractivity contribution < 1.29 is 27.9 Å².